The average molecular weight is 369 g/mol. The van der Waals surface area contributed by atoms with E-state index in [1.807, 2.05) is 24.3 Å². The molecule has 1 saturated heterocycles. The summed E-state index contributed by atoms with van der Waals surface area (Å²) in [6.07, 6.45) is 7.80. The normalized spacial score (nSPS) is 25.4. The van der Waals surface area contributed by atoms with Crippen molar-refractivity contribution in [1.29, 1.82) is 0 Å². The molecular formula is C21H27N3O3. The number of amides is 4. The number of nitrogens with one attached hydrogen (secondary N) is 1. The fraction of sp³-hybridized carbons (Fsp3) is 0.571. The molecule has 6 nitrogen and oxygen atoms in total. The van der Waals surface area contributed by atoms with E-state index in [2.05, 4.69) is 5.32 Å². The molecule has 1 saturated carbocycles. The van der Waals surface area contributed by atoms with Gasteiger partial charge in [-0.05, 0) is 43.2 Å². The van der Waals surface area contributed by atoms with Gasteiger partial charge in [0.15, 0.2) is 0 Å². The molecule has 144 valence electrons. The number of carbonyl (C=O) groups excluding carboxylic acids is 3. The molecule has 2 aliphatic carbocycles. The minimum absolute atomic E-state index is 0.161. The van der Waals surface area contributed by atoms with Gasteiger partial charge in [0.2, 0.25) is 5.91 Å². The number of likely N-dealkylation sites (N-methyl/N-ethyl adjacent to an activating group) is 1. The van der Waals surface area contributed by atoms with Crippen LogP contribution < -0.4 is 5.32 Å². The first kappa shape index (κ1) is 18.0. The zero-order valence-corrected chi connectivity index (χ0v) is 15.9. The highest BCUT2D eigenvalue weighted by Gasteiger charge is 2.54. The summed E-state index contributed by atoms with van der Waals surface area (Å²) in [7, 11) is 1.79. The molecule has 0 unspecified atom stereocenters. The number of imide groups is 1. The number of hydrogen-bond donors (Lipinski definition) is 1. The third kappa shape index (κ3) is 3.01. The van der Waals surface area contributed by atoms with E-state index in [0.29, 0.717) is 6.42 Å². The lowest BCUT2D eigenvalue weighted by Gasteiger charge is -2.34. The highest BCUT2D eigenvalue weighted by molar-refractivity contribution is 6.09. The zero-order chi connectivity index (χ0) is 19.0. The van der Waals surface area contributed by atoms with Crippen LogP contribution in [0.15, 0.2) is 24.3 Å². The Labute approximate surface area is 159 Å². The highest BCUT2D eigenvalue weighted by Crippen LogP contribution is 2.39. The predicted octanol–water partition coefficient (Wildman–Crippen LogP) is 2.56. The molecule has 1 aliphatic heterocycles. The second-order valence-corrected chi connectivity index (χ2v) is 8.03. The fourth-order valence-electron chi connectivity index (χ4n) is 4.87. The molecule has 1 aromatic carbocycles. The Hall–Kier alpha value is -2.37. The molecule has 0 bridgehead atoms. The van der Waals surface area contributed by atoms with Crippen molar-refractivity contribution in [3.63, 3.8) is 0 Å². The molecule has 1 N–H and O–H groups in total. The second kappa shape index (κ2) is 6.98. The Bertz CT molecular complexity index is 772. The van der Waals surface area contributed by atoms with Gasteiger partial charge < -0.3 is 10.2 Å². The van der Waals surface area contributed by atoms with Crippen LogP contribution in [-0.4, -0.2) is 47.3 Å². The molecule has 2 fully saturated rings. The molecule has 27 heavy (non-hydrogen) atoms. The van der Waals surface area contributed by atoms with Crippen LogP contribution in [0, 0.1) is 0 Å². The van der Waals surface area contributed by atoms with E-state index in [4.69, 9.17) is 0 Å². The standard InChI is InChI=1S/C21H27N3O3/c1-23(16-10-3-2-4-11-16)18(25)14-24-19(26)21(22-20(24)27)13-7-9-15-8-5-6-12-17(15)21/h5-6,8,12,16H,2-4,7,9-11,13-14H2,1H3,(H,22,27)/t21-/m1/s1. The summed E-state index contributed by atoms with van der Waals surface area (Å²) in [5, 5.41) is 2.92. The fourth-order valence-corrected chi connectivity index (χ4v) is 4.87. The van der Waals surface area contributed by atoms with Crippen molar-refractivity contribution in [3.8, 4) is 0 Å². The Morgan fingerprint density at radius 2 is 1.93 bits per heavy atom. The van der Waals surface area contributed by atoms with Gasteiger partial charge >= 0.3 is 6.03 Å². The summed E-state index contributed by atoms with van der Waals surface area (Å²) in [5.74, 6) is -0.448. The van der Waals surface area contributed by atoms with Gasteiger partial charge in [0.25, 0.3) is 5.91 Å². The number of fused-ring (bicyclic) bond motifs is 2. The van der Waals surface area contributed by atoms with Gasteiger partial charge in [0, 0.05) is 13.1 Å². The third-order valence-corrected chi connectivity index (χ3v) is 6.46. The van der Waals surface area contributed by atoms with Crippen LogP contribution in [0.3, 0.4) is 0 Å². The highest BCUT2D eigenvalue weighted by atomic mass is 16.2. The molecule has 0 radical (unpaired) electrons. The number of aryl methyl sites for hydroxylation is 1. The molecule has 3 aliphatic rings. The van der Waals surface area contributed by atoms with E-state index in [1.165, 1.54) is 6.42 Å². The lowest BCUT2D eigenvalue weighted by Crippen LogP contribution is -2.48. The van der Waals surface area contributed by atoms with Crippen molar-refractivity contribution in [2.75, 3.05) is 13.6 Å². The minimum atomic E-state index is -1.00. The average Bonchev–Trinajstić information content (AvgIpc) is 2.93. The number of rotatable bonds is 3. The number of carbonyl (C=O) groups is 3. The van der Waals surface area contributed by atoms with E-state index in [1.54, 1.807) is 11.9 Å². The van der Waals surface area contributed by atoms with Gasteiger partial charge in [-0.3, -0.25) is 14.5 Å². The summed E-state index contributed by atoms with van der Waals surface area (Å²) in [6, 6.07) is 7.56. The molecule has 1 spiro atoms. The summed E-state index contributed by atoms with van der Waals surface area (Å²) in [6.45, 7) is -0.179. The van der Waals surface area contributed by atoms with Gasteiger partial charge in [-0.2, -0.15) is 0 Å². The van der Waals surface area contributed by atoms with Crippen molar-refractivity contribution in [3.05, 3.63) is 35.4 Å². The molecule has 6 heteroatoms. The Balaban J connectivity index is 1.53. The summed E-state index contributed by atoms with van der Waals surface area (Å²) >= 11 is 0. The van der Waals surface area contributed by atoms with E-state index < -0.39 is 11.6 Å². The van der Waals surface area contributed by atoms with Crippen molar-refractivity contribution in [1.82, 2.24) is 15.1 Å². The quantitative estimate of drug-likeness (QED) is 0.833. The zero-order valence-electron chi connectivity index (χ0n) is 15.9. The second-order valence-electron chi connectivity index (χ2n) is 8.03. The first-order valence-electron chi connectivity index (χ1n) is 10.0. The maximum atomic E-state index is 13.3. The van der Waals surface area contributed by atoms with Gasteiger partial charge in [-0.15, -0.1) is 0 Å². The third-order valence-electron chi connectivity index (χ3n) is 6.46. The first-order valence-corrected chi connectivity index (χ1v) is 10.0. The molecule has 4 rings (SSSR count). The predicted molar refractivity (Wildman–Crippen MR) is 101 cm³/mol. The molecule has 0 aromatic heterocycles. The smallest absolute Gasteiger partial charge is 0.325 e. The van der Waals surface area contributed by atoms with Crippen LogP contribution in [0.4, 0.5) is 4.79 Å². The van der Waals surface area contributed by atoms with Gasteiger partial charge in [0.05, 0.1) is 0 Å². The lowest BCUT2D eigenvalue weighted by molar-refractivity contribution is -0.140. The topological polar surface area (TPSA) is 69.7 Å². The minimum Gasteiger partial charge on any atom is -0.341 e. The molecular weight excluding hydrogens is 342 g/mol. The number of urea groups is 1. The molecule has 1 atom stereocenters. The maximum absolute atomic E-state index is 13.3. The first-order chi connectivity index (χ1) is 13.0. The van der Waals surface area contributed by atoms with Crippen LogP contribution in [0.25, 0.3) is 0 Å². The van der Waals surface area contributed by atoms with E-state index >= 15 is 0 Å². The van der Waals surface area contributed by atoms with Crippen LogP contribution in [-0.2, 0) is 21.5 Å². The molecule has 1 heterocycles. The largest absolute Gasteiger partial charge is 0.341 e. The van der Waals surface area contributed by atoms with Gasteiger partial charge in [-0.1, -0.05) is 43.5 Å². The summed E-state index contributed by atoms with van der Waals surface area (Å²) < 4.78 is 0. The van der Waals surface area contributed by atoms with Gasteiger partial charge in [0.1, 0.15) is 12.1 Å². The van der Waals surface area contributed by atoms with Crippen molar-refractivity contribution in [2.24, 2.45) is 0 Å². The monoisotopic (exact) mass is 369 g/mol. The van der Waals surface area contributed by atoms with Crippen molar-refractivity contribution in [2.45, 2.75) is 62.9 Å². The van der Waals surface area contributed by atoms with Crippen LogP contribution in [0.5, 0.6) is 0 Å². The van der Waals surface area contributed by atoms with E-state index in [9.17, 15) is 14.4 Å². The summed E-state index contributed by atoms with van der Waals surface area (Å²) in [4.78, 5) is 41.5. The van der Waals surface area contributed by atoms with E-state index in [-0.39, 0.29) is 24.4 Å². The number of hydrogen-bond acceptors (Lipinski definition) is 3. The number of nitrogens with zero attached hydrogens (tertiary/aromatic N) is 2. The number of benzene rings is 1. The summed E-state index contributed by atoms with van der Waals surface area (Å²) in [5.41, 5.74) is 0.977. The van der Waals surface area contributed by atoms with Crippen LogP contribution >= 0.6 is 0 Å². The Morgan fingerprint density at radius 1 is 1.19 bits per heavy atom. The Kier molecular flexibility index (Phi) is 4.66. The van der Waals surface area contributed by atoms with E-state index in [0.717, 1.165) is 54.6 Å². The SMILES string of the molecule is CN(C(=O)CN1C(=O)N[C@@]2(CCCc3ccccc32)C1=O)C1CCCCC1. The maximum Gasteiger partial charge on any atom is 0.325 e. The van der Waals surface area contributed by atoms with Crippen LogP contribution in [0.1, 0.15) is 56.1 Å². The molecule has 1 aromatic rings. The van der Waals surface area contributed by atoms with Crippen LogP contribution in [0.2, 0.25) is 0 Å². The lowest BCUT2D eigenvalue weighted by atomic mass is 9.76. The van der Waals surface area contributed by atoms with Gasteiger partial charge in [-0.25, -0.2) is 4.79 Å². The van der Waals surface area contributed by atoms with Crippen molar-refractivity contribution < 1.29 is 14.4 Å². The molecule has 4 amide bonds. The van der Waals surface area contributed by atoms with Crippen molar-refractivity contribution >= 4 is 17.8 Å². The Morgan fingerprint density at radius 3 is 2.70 bits per heavy atom.